The third-order valence-corrected chi connectivity index (χ3v) is 2.55. The zero-order valence-electron chi connectivity index (χ0n) is 7.20. The molecule has 0 aliphatic carbocycles. The maximum absolute atomic E-state index is 8.61. The van der Waals surface area contributed by atoms with Crippen LogP contribution in [0.15, 0.2) is 45.3 Å². The Morgan fingerprint density at radius 2 is 1.93 bits per heavy atom. The average molecular weight is 248 g/mol. The van der Waals surface area contributed by atoms with Crippen molar-refractivity contribution in [1.29, 1.82) is 5.26 Å². The molecular weight excluding hydrogens is 242 g/mol. The van der Waals surface area contributed by atoms with E-state index in [1.54, 1.807) is 12.1 Å². The first-order valence-electron chi connectivity index (χ1n) is 4.06. The monoisotopic (exact) mass is 247 g/mol. The first-order valence-corrected chi connectivity index (χ1v) is 4.85. The zero-order chi connectivity index (χ0) is 9.97. The van der Waals surface area contributed by atoms with Crippen LogP contribution in [-0.2, 0) is 0 Å². The molecule has 2 nitrogen and oxygen atoms in total. The summed E-state index contributed by atoms with van der Waals surface area (Å²) in [5.41, 5.74) is 0.953. The molecule has 0 radical (unpaired) electrons. The number of hydrogen-bond donors (Lipinski definition) is 0. The summed E-state index contributed by atoms with van der Waals surface area (Å²) < 4.78 is 6.27. The van der Waals surface area contributed by atoms with E-state index in [1.807, 2.05) is 30.3 Å². The molecule has 0 saturated carbocycles. The topological polar surface area (TPSA) is 36.9 Å². The molecule has 0 aliphatic rings. The van der Waals surface area contributed by atoms with Crippen LogP contribution in [0, 0.1) is 11.3 Å². The Balaban J connectivity index is 2.51. The van der Waals surface area contributed by atoms with Gasteiger partial charge in [0.05, 0.1) is 0 Å². The first-order chi connectivity index (χ1) is 6.81. The van der Waals surface area contributed by atoms with Gasteiger partial charge in [-0.2, -0.15) is 5.26 Å². The standard InChI is InChI=1S/C11H6BrNO/c12-10-4-2-1-3-9(10)11-6-5-8(7-13)14-11/h1-6H. The summed E-state index contributed by atoms with van der Waals surface area (Å²) in [5, 5.41) is 8.61. The number of rotatable bonds is 1. The van der Waals surface area contributed by atoms with Crippen molar-refractivity contribution in [3.05, 3.63) is 46.6 Å². The largest absolute Gasteiger partial charge is 0.446 e. The van der Waals surface area contributed by atoms with Gasteiger partial charge in [-0.1, -0.05) is 34.1 Å². The molecule has 68 valence electrons. The molecule has 1 aromatic heterocycles. The van der Waals surface area contributed by atoms with Crippen LogP contribution in [0.2, 0.25) is 0 Å². The van der Waals surface area contributed by atoms with Gasteiger partial charge >= 0.3 is 0 Å². The second kappa shape index (κ2) is 3.69. The molecule has 0 fully saturated rings. The molecule has 0 amide bonds. The summed E-state index contributed by atoms with van der Waals surface area (Å²) in [5.74, 6) is 1.03. The van der Waals surface area contributed by atoms with Crippen LogP contribution in [0.5, 0.6) is 0 Å². The molecule has 3 heteroatoms. The molecule has 0 saturated heterocycles. The minimum atomic E-state index is 0.329. The van der Waals surface area contributed by atoms with Gasteiger partial charge in [-0.25, -0.2) is 0 Å². The molecular formula is C11H6BrNO. The van der Waals surface area contributed by atoms with Crippen LogP contribution < -0.4 is 0 Å². The lowest BCUT2D eigenvalue weighted by molar-refractivity contribution is 0.567. The zero-order valence-corrected chi connectivity index (χ0v) is 8.78. The van der Waals surface area contributed by atoms with Gasteiger partial charge in [-0.3, -0.25) is 0 Å². The van der Waals surface area contributed by atoms with E-state index in [0.29, 0.717) is 11.5 Å². The summed E-state index contributed by atoms with van der Waals surface area (Å²) in [6.07, 6.45) is 0. The lowest BCUT2D eigenvalue weighted by atomic mass is 10.2. The van der Waals surface area contributed by atoms with Crippen LogP contribution in [0.25, 0.3) is 11.3 Å². The quantitative estimate of drug-likeness (QED) is 0.773. The number of halogens is 1. The molecule has 0 spiro atoms. The minimum absolute atomic E-state index is 0.329. The minimum Gasteiger partial charge on any atom is -0.446 e. The first kappa shape index (κ1) is 9.04. The highest BCUT2D eigenvalue weighted by molar-refractivity contribution is 9.10. The van der Waals surface area contributed by atoms with Gasteiger partial charge < -0.3 is 4.42 Å². The fourth-order valence-corrected chi connectivity index (χ4v) is 1.68. The van der Waals surface area contributed by atoms with E-state index in [-0.39, 0.29) is 0 Å². The van der Waals surface area contributed by atoms with Crippen LogP contribution >= 0.6 is 15.9 Å². The molecule has 0 bridgehead atoms. The molecule has 0 aliphatic heterocycles. The van der Waals surface area contributed by atoms with E-state index in [2.05, 4.69) is 15.9 Å². The fraction of sp³-hybridized carbons (Fsp3) is 0. The highest BCUT2D eigenvalue weighted by atomic mass is 79.9. The van der Waals surface area contributed by atoms with Crippen LogP contribution in [0.1, 0.15) is 5.76 Å². The van der Waals surface area contributed by atoms with Crippen molar-refractivity contribution in [2.24, 2.45) is 0 Å². The summed E-state index contributed by atoms with van der Waals surface area (Å²) in [6, 6.07) is 13.1. The smallest absolute Gasteiger partial charge is 0.204 e. The van der Waals surface area contributed by atoms with Gasteiger partial charge in [-0.05, 0) is 18.2 Å². The lowest BCUT2D eigenvalue weighted by Crippen LogP contribution is -1.74. The number of furan rings is 1. The van der Waals surface area contributed by atoms with Crippen molar-refractivity contribution in [2.75, 3.05) is 0 Å². The Hall–Kier alpha value is -1.53. The van der Waals surface area contributed by atoms with E-state index in [4.69, 9.17) is 9.68 Å². The van der Waals surface area contributed by atoms with Crippen molar-refractivity contribution in [3.8, 4) is 17.4 Å². The molecule has 14 heavy (non-hydrogen) atoms. The molecule has 2 aromatic rings. The predicted octanol–water partition coefficient (Wildman–Crippen LogP) is 3.58. The summed E-state index contributed by atoms with van der Waals surface area (Å²) in [7, 11) is 0. The SMILES string of the molecule is N#Cc1ccc(-c2ccccc2Br)o1. The fourth-order valence-electron chi connectivity index (χ4n) is 1.20. The second-order valence-electron chi connectivity index (χ2n) is 2.76. The van der Waals surface area contributed by atoms with Gasteiger partial charge in [0.25, 0.3) is 0 Å². The van der Waals surface area contributed by atoms with Crippen molar-refractivity contribution in [2.45, 2.75) is 0 Å². The number of nitriles is 1. The number of hydrogen-bond acceptors (Lipinski definition) is 2. The maximum Gasteiger partial charge on any atom is 0.204 e. The van der Waals surface area contributed by atoms with Crippen LogP contribution in [-0.4, -0.2) is 0 Å². The van der Waals surface area contributed by atoms with Gasteiger partial charge in [0.15, 0.2) is 0 Å². The van der Waals surface area contributed by atoms with Crippen molar-refractivity contribution in [1.82, 2.24) is 0 Å². The Bertz CT molecular complexity index is 496. The summed E-state index contributed by atoms with van der Waals surface area (Å²) in [4.78, 5) is 0. The van der Waals surface area contributed by atoms with Gasteiger partial charge in [-0.15, -0.1) is 0 Å². The Morgan fingerprint density at radius 3 is 2.57 bits per heavy atom. The van der Waals surface area contributed by atoms with E-state index in [1.165, 1.54) is 0 Å². The molecule has 1 heterocycles. The van der Waals surface area contributed by atoms with Crippen LogP contribution in [0.4, 0.5) is 0 Å². The molecule has 1 aromatic carbocycles. The van der Waals surface area contributed by atoms with E-state index in [0.717, 1.165) is 10.0 Å². The van der Waals surface area contributed by atoms with Crippen molar-refractivity contribution >= 4 is 15.9 Å². The molecule has 0 unspecified atom stereocenters. The molecule has 2 rings (SSSR count). The normalized spacial score (nSPS) is 9.71. The van der Waals surface area contributed by atoms with E-state index < -0.39 is 0 Å². The van der Waals surface area contributed by atoms with Crippen molar-refractivity contribution < 1.29 is 4.42 Å². The van der Waals surface area contributed by atoms with Gasteiger partial charge in [0, 0.05) is 10.0 Å². The highest BCUT2D eigenvalue weighted by Crippen LogP contribution is 2.28. The number of nitrogens with zero attached hydrogens (tertiary/aromatic N) is 1. The lowest BCUT2D eigenvalue weighted by Gasteiger charge is -1.98. The molecule has 0 atom stereocenters. The summed E-state index contributed by atoms with van der Waals surface area (Å²) >= 11 is 3.42. The predicted molar refractivity (Wildman–Crippen MR) is 56.6 cm³/mol. The Kier molecular flexibility index (Phi) is 2.38. The summed E-state index contributed by atoms with van der Waals surface area (Å²) in [6.45, 7) is 0. The van der Waals surface area contributed by atoms with Gasteiger partial charge in [0.2, 0.25) is 5.76 Å². The molecule has 0 N–H and O–H groups in total. The van der Waals surface area contributed by atoms with Gasteiger partial charge in [0.1, 0.15) is 11.8 Å². The number of benzene rings is 1. The Morgan fingerprint density at radius 1 is 1.14 bits per heavy atom. The third-order valence-electron chi connectivity index (χ3n) is 1.86. The highest BCUT2D eigenvalue weighted by Gasteiger charge is 2.06. The maximum atomic E-state index is 8.61. The second-order valence-corrected chi connectivity index (χ2v) is 3.61. The average Bonchev–Trinajstić information content (AvgIpc) is 2.67. The third kappa shape index (κ3) is 1.57. The van der Waals surface area contributed by atoms with Crippen LogP contribution in [0.3, 0.4) is 0 Å². The van der Waals surface area contributed by atoms with E-state index >= 15 is 0 Å². The van der Waals surface area contributed by atoms with E-state index in [9.17, 15) is 0 Å². The Labute approximate surface area is 89.9 Å². The van der Waals surface area contributed by atoms with Crippen molar-refractivity contribution in [3.63, 3.8) is 0 Å².